The number of thioether (sulfide) groups is 1. The van der Waals surface area contributed by atoms with E-state index in [1.54, 1.807) is 4.90 Å². The summed E-state index contributed by atoms with van der Waals surface area (Å²) < 4.78 is 0.627. The van der Waals surface area contributed by atoms with Gasteiger partial charge in [-0.1, -0.05) is 66.5 Å². The summed E-state index contributed by atoms with van der Waals surface area (Å²) in [5.74, 6) is -0.00906. The highest BCUT2D eigenvalue weighted by Gasteiger charge is 2.38. The van der Waals surface area contributed by atoms with Gasteiger partial charge < -0.3 is 0 Å². The number of carbonyl (C=O) groups excluding carboxylic acids is 1. The van der Waals surface area contributed by atoms with Gasteiger partial charge in [0, 0.05) is 5.54 Å². The summed E-state index contributed by atoms with van der Waals surface area (Å²) in [4.78, 5) is 14.7. The fourth-order valence-corrected chi connectivity index (χ4v) is 3.46. The van der Waals surface area contributed by atoms with Crippen LogP contribution in [0.3, 0.4) is 0 Å². The molecule has 1 heterocycles. The molecule has 1 saturated heterocycles. The Bertz CT molecular complexity index is 582. The Morgan fingerprint density at radius 2 is 1.85 bits per heavy atom. The lowest BCUT2D eigenvalue weighted by Gasteiger charge is -2.30. The quantitative estimate of drug-likeness (QED) is 0.602. The maximum atomic E-state index is 12.3. The number of thiocarbonyl (C=S) groups is 1. The second-order valence-corrected chi connectivity index (χ2v) is 7.16. The van der Waals surface area contributed by atoms with Crippen LogP contribution in [0.2, 0.25) is 0 Å². The van der Waals surface area contributed by atoms with Crippen LogP contribution in [-0.4, -0.2) is 20.7 Å². The normalized spacial score (nSPS) is 18.6. The third-order valence-electron chi connectivity index (χ3n) is 2.80. The first-order valence-electron chi connectivity index (χ1n) is 6.39. The van der Waals surface area contributed by atoms with Crippen LogP contribution in [-0.2, 0) is 4.79 Å². The summed E-state index contributed by atoms with van der Waals surface area (Å²) in [6.07, 6.45) is 5.70. The highest BCUT2D eigenvalue weighted by Crippen LogP contribution is 2.35. The minimum Gasteiger partial charge on any atom is -0.288 e. The van der Waals surface area contributed by atoms with Gasteiger partial charge in [-0.2, -0.15) is 0 Å². The smallest absolute Gasteiger partial charge is 0.266 e. The Labute approximate surface area is 129 Å². The molecule has 0 radical (unpaired) electrons. The molecule has 2 rings (SSSR count). The van der Waals surface area contributed by atoms with Gasteiger partial charge in [0.2, 0.25) is 0 Å². The van der Waals surface area contributed by atoms with Crippen LogP contribution in [0.25, 0.3) is 6.08 Å². The van der Waals surface area contributed by atoms with Crippen LogP contribution in [0.4, 0.5) is 0 Å². The van der Waals surface area contributed by atoms with Crippen LogP contribution in [0.15, 0.2) is 47.4 Å². The van der Waals surface area contributed by atoms with E-state index in [0.29, 0.717) is 9.23 Å². The molecule has 0 unspecified atom stereocenters. The molecule has 0 saturated carbocycles. The standard InChI is InChI=1S/C16H17NOS2/c1-16(2,3)17-14(18)13(20-15(17)19)11-7-10-12-8-5-4-6-9-12/h4-11H,1-3H3. The van der Waals surface area contributed by atoms with Crippen molar-refractivity contribution >= 4 is 40.3 Å². The molecule has 0 spiro atoms. The molecule has 0 atom stereocenters. The molecule has 0 N–H and O–H groups in total. The zero-order valence-electron chi connectivity index (χ0n) is 11.8. The average molecular weight is 303 g/mol. The Hall–Kier alpha value is -1.39. The van der Waals surface area contributed by atoms with Gasteiger partial charge >= 0.3 is 0 Å². The molecule has 1 aromatic rings. The second kappa shape index (κ2) is 5.94. The molecule has 2 nitrogen and oxygen atoms in total. The topological polar surface area (TPSA) is 20.3 Å². The van der Waals surface area contributed by atoms with Crippen molar-refractivity contribution in [3.63, 3.8) is 0 Å². The van der Waals surface area contributed by atoms with Gasteiger partial charge in [0.05, 0.1) is 4.91 Å². The molecule has 1 aliphatic heterocycles. The molecule has 1 aromatic carbocycles. The summed E-state index contributed by atoms with van der Waals surface area (Å²) >= 11 is 6.65. The lowest BCUT2D eigenvalue weighted by molar-refractivity contribution is -0.125. The summed E-state index contributed by atoms with van der Waals surface area (Å²) in [7, 11) is 0. The summed E-state index contributed by atoms with van der Waals surface area (Å²) in [5.41, 5.74) is 0.829. The zero-order chi connectivity index (χ0) is 14.8. The van der Waals surface area contributed by atoms with E-state index < -0.39 is 0 Å². The van der Waals surface area contributed by atoms with E-state index >= 15 is 0 Å². The predicted molar refractivity (Wildman–Crippen MR) is 90.3 cm³/mol. The molecular formula is C16H17NOS2. The monoisotopic (exact) mass is 303 g/mol. The highest BCUT2D eigenvalue weighted by atomic mass is 32.2. The molecular weight excluding hydrogens is 286 g/mol. The third-order valence-corrected chi connectivity index (χ3v) is 4.12. The van der Waals surface area contributed by atoms with Crippen LogP contribution in [0.5, 0.6) is 0 Å². The van der Waals surface area contributed by atoms with E-state index in [2.05, 4.69) is 0 Å². The molecule has 0 aliphatic carbocycles. The van der Waals surface area contributed by atoms with Crippen LogP contribution >= 0.6 is 24.0 Å². The first kappa shape index (κ1) is 15.0. The van der Waals surface area contributed by atoms with Gasteiger partial charge in [0.1, 0.15) is 4.32 Å². The second-order valence-electron chi connectivity index (χ2n) is 5.48. The molecule has 0 bridgehead atoms. The first-order chi connectivity index (χ1) is 9.39. The average Bonchev–Trinajstić information content (AvgIpc) is 2.65. The maximum Gasteiger partial charge on any atom is 0.266 e. The van der Waals surface area contributed by atoms with Gasteiger partial charge in [0.25, 0.3) is 5.91 Å². The largest absolute Gasteiger partial charge is 0.288 e. The minimum absolute atomic E-state index is 0.00906. The van der Waals surface area contributed by atoms with Gasteiger partial charge in [0.15, 0.2) is 0 Å². The third kappa shape index (κ3) is 3.38. The lowest BCUT2D eigenvalue weighted by atomic mass is 10.1. The molecule has 1 fully saturated rings. The maximum absolute atomic E-state index is 12.3. The molecule has 0 aromatic heterocycles. The molecule has 20 heavy (non-hydrogen) atoms. The number of hydrogen-bond donors (Lipinski definition) is 0. The molecule has 104 valence electrons. The first-order valence-corrected chi connectivity index (χ1v) is 7.62. The minimum atomic E-state index is -0.278. The number of rotatable bonds is 2. The Morgan fingerprint density at radius 1 is 1.20 bits per heavy atom. The molecule has 1 amide bonds. The van der Waals surface area contributed by atoms with Gasteiger partial charge in [-0.3, -0.25) is 9.69 Å². The van der Waals surface area contributed by atoms with Crippen LogP contribution < -0.4 is 0 Å². The van der Waals surface area contributed by atoms with E-state index in [9.17, 15) is 4.79 Å². The van der Waals surface area contributed by atoms with Crippen molar-refractivity contribution in [2.24, 2.45) is 0 Å². The van der Waals surface area contributed by atoms with Crippen molar-refractivity contribution in [1.29, 1.82) is 0 Å². The molecule has 1 aliphatic rings. The van der Waals surface area contributed by atoms with Crippen molar-refractivity contribution in [2.45, 2.75) is 26.3 Å². The van der Waals surface area contributed by atoms with Crippen molar-refractivity contribution in [1.82, 2.24) is 4.90 Å². The Morgan fingerprint density at radius 3 is 2.40 bits per heavy atom. The van der Waals surface area contributed by atoms with Gasteiger partial charge in [-0.15, -0.1) is 0 Å². The van der Waals surface area contributed by atoms with Crippen LogP contribution in [0, 0.1) is 0 Å². The summed E-state index contributed by atoms with van der Waals surface area (Å²) in [6.45, 7) is 5.96. The summed E-state index contributed by atoms with van der Waals surface area (Å²) in [6, 6.07) is 9.98. The van der Waals surface area contributed by atoms with E-state index in [0.717, 1.165) is 5.56 Å². The SMILES string of the molecule is CC(C)(C)N1C(=O)C(=CC=Cc2ccccc2)SC1=S. The number of nitrogens with zero attached hydrogens (tertiary/aromatic N) is 1. The van der Waals surface area contributed by atoms with Gasteiger partial charge in [-0.25, -0.2) is 0 Å². The van der Waals surface area contributed by atoms with E-state index in [4.69, 9.17) is 12.2 Å². The number of benzene rings is 1. The number of amides is 1. The van der Waals surface area contributed by atoms with Crippen molar-refractivity contribution in [2.75, 3.05) is 0 Å². The van der Waals surface area contributed by atoms with Crippen LogP contribution in [0.1, 0.15) is 26.3 Å². The number of hydrogen-bond acceptors (Lipinski definition) is 3. The van der Waals surface area contributed by atoms with E-state index in [-0.39, 0.29) is 11.4 Å². The fraction of sp³-hybridized carbons (Fsp3) is 0.250. The Kier molecular flexibility index (Phi) is 4.45. The highest BCUT2D eigenvalue weighted by molar-refractivity contribution is 8.26. The van der Waals surface area contributed by atoms with Crippen molar-refractivity contribution < 1.29 is 4.79 Å². The van der Waals surface area contributed by atoms with Gasteiger partial charge in [-0.05, 0) is 32.4 Å². The van der Waals surface area contributed by atoms with E-state index in [1.807, 2.05) is 69.3 Å². The Balaban J connectivity index is 2.15. The summed E-state index contributed by atoms with van der Waals surface area (Å²) in [5, 5.41) is 0. The van der Waals surface area contributed by atoms with Crippen molar-refractivity contribution in [3.05, 3.63) is 53.0 Å². The van der Waals surface area contributed by atoms with Crippen molar-refractivity contribution in [3.8, 4) is 0 Å². The fourth-order valence-electron chi connectivity index (χ4n) is 1.87. The predicted octanol–water partition coefficient (Wildman–Crippen LogP) is 4.24. The molecule has 4 heteroatoms. The zero-order valence-corrected chi connectivity index (χ0v) is 13.4. The number of carbonyl (C=O) groups is 1. The van der Waals surface area contributed by atoms with E-state index in [1.165, 1.54) is 11.8 Å². The lowest BCUT2D eigenvalue weighted by Crippen LogP contribution is -2.44. The number of allylic oxidation sites excluding steroid dienone is 2.